The number of hydrogen-bond acceptors (Lipinski definition) is 5. The molecular weight excluding hydrogens is 254 g/mol. The monoisotopic (exact) mass is 271 g/mol. The van der Waals surface area contributed by atoms with E-state index in [0.29, 0.717) is 17.9 Å². The maximum Gasteiger partial charge on any atom is 0.152 e. The van der Waals surface area contributed by atoms with E-state index in [-0.39, 0.29) is 17.5 Å². The molecule has 6 heteroatoms. The first-order chi connectivity index (χ1) is 8.54. The van der Waals surface area contributed by atoms with Crippen molar-refractivity contribution in [2.45, 2.75) is 12.5 Å². The normalized spacial score (nSPS) is 21.6. The molecule has 1 aromatic rings. The van der Waals surface area contributed by atoms with Crippen LogP contribution in [0.5, 0.6) is 11.5 Å². The van der Waals surface area contributed by atoms with Gasteiger partial charge in [-0.2, -0.15) is 0 Å². The van der Waals surface area contributed by atoms with Crippen molar-refractivity contribution in [3.8, 4) is 11.5 Å². The summed E-state index contributed by atoms with van der Waals surface area (Å²) >= 11 is 0. The van der Waals surface area contributed by atoms with Crippen LogP contribution in [0.3, 0.4) is 0 Å². The molecule has 0 aliphatic carbocycles. The largest absolute Gasteiger partial charge is 0.497 e. The summed E-state index contributed by atoms with van der Waals surface area (Å²) in [6.07, 6.45) is 0.636. The number of nitrogens with one attached hydrogen (secondary N) is 1. The van der Waals surface area contributed by atoms with Crippen LogP contribution in [0.2, 0.25) is 0 Å². The van der Waals surface area contributed by atoms with Gasteiger partial charge in [-0.3, -0.25) is 0 Å². The minimum Gasteiger partial charge on any atom is -0.497 e. The van der Waals surface area contributed by atoms with Gasteiger partial charge in [-0.1, -0.05) is 0 Å². The van der Waals surface area contributed by atoms with E-state index >= 15 is 0 Å². The summed E-state index contributed by atoms with van der Waals surface area (Å²) in [6, 6.07) is 5.38. The number of rotatable bonds is 4. The molecule has 0 spiro atoms. The molecule has 1 aliphatic rings. The molecule has 0 aromatic heterocycles. The molecule has 1 heterocycles. The molecule has 1 unspecified atom stereocenters. The van der Waals surface area contributed by atoms with Gasteiger partial charge in [-0.25, -0.2) is 8.42 Å². The van der Waals surface area contributed by atoms with Crippen molar-refractivity contribution in [1.29, 1.82) is 0 Å². The maximum absolute atomic E-state index is 11.4. The van der Waals surface area contributed by atoms with Crippen molar-refractivity contribution >= 4 is 15.5 Å². The van der Waals surface area contributed by atoms with Crippen LogP contribution < -0.4 is 14.8 Å². The second-order valence-corrected chi connectivity index (χ2v) is 6.54. The molecular formula is C12H17NO4S. The van der Waals surface area contributed by atoms with Gasteiger partial charge in [0.05, 0.1) is 31.4 Å². The molecule has 0 amide bonds. The van der Waals surface area contributed by atoms with E-state index < -0.39 is 9.84 Å². The van der Waals surface area contributed by atoms with Crippen LogP contribution in [-0.2, 0) is 9.84 Å². The molecule has 1 aliphatic heterocycles. The van der Waals surface area contributed by atoms with E-state index in [1.54, 1.807) is 20.3 Å². The first kappa shape index (κ1) is 13.0. The van der Waals surface area contributed by atoms with E-state index in [4.69, 9.17) is 9.47 Å². The lowest BCUT2D eigenvalue weighted by Gasteiger charge is -2.16. The third-order valence-corrected chi connectivity index (χ3v) is 4.77. The Balaban J connectivity index is 2.14. The van der Waals surface area contributed by atoms with Crippen molar-refractivity contribution in [2.75, 3.05) is 31.0 Å². The average Bonchev–Trinajstić information content (AvgIpc) is 2.69. The van der Waals surface area contributed by atoms with E-state index in [1.165, 1.54) is 0 Å². The third-order valence-electron chi connectivity index (χ3n) is 3.00. The molecule has 100 valence electrons. The van der Waals surface area contributed by atoms with Crippen LogP contribution in [0, 0.1) is 0 Å². The Bertz CT molecular complexity index is 527. The number of hydrogen-bond donors (Lipinski definition) is 1. The van der Waals surface area contributed by atoms with Gasteiger partial charge >= 0.3 is 0 Å². The minimum atomic E-state index is -2.88. The lowest BCUT2D eigenvalue weighted by Crippen LogP contribution is -2.20. The van der Waals surface area contributed by atoms with Gasteiger partial charge in [0.1, 0.15) is 11.5 Å². The van der Waals surface area contributed by atoms with Crippen molar-refractivity contribution in [2.24, 2.45) is 0 Å². The van der Waals surface area contributed by atoms with Gasteiger partial charge in [0.25, 0.3) is 0 Å². The quantitative estimate of drug-likeness (QED) is 0.894. The second kappa shape index (κ2) is 5.06. The maximum atomic E-state index is 11.4. The van der Waals surface area contributed by atoms with Gasteiger partial charge in [0.2, 0.25) is 0 Å². The molecule has 1 atom stereocenters. The molecule has 0 saturated carbocycles. The molecule has 18 heavy (non-hydrogen) atoms. The molecule has 1 aromatic carbocycles. The van der Waals surface area contributed by atoms with E-state index in [0.717, 1.165) is 5.69 Å². The summed E-state index contributed by atoms with van der Waals surface area (Å²) in [5.74, 6) is 1.79. The van der Waals surface area contributed by atoms with Gasteiger partial charge in [-0.05, 0) is 18.6 Å². The Hall–Kier alpha value is -1.43. The highest BCUT2D eigenvalue weighted by Crippen LogP contribution is 2.30. The Morgan fingerprint density at radius 2 is 2.06 bits per heavy atom. The van der Waals surface area contributed by atoms with Crippen LogP contribution in [0.4, 0.5) is 5.69 Å². The summed E-state index contributed by atoms with van der Waals surface area (Å²) in [7, 11) is 0.287. The summed E-state index contributed by atoms with van der Waals surface area (Å²) in [5, 5.41) is 3.21. The van der Waals surface area contributed by atoms with Gasteiger partial charge in [-0.15, -0.1) is 0 Å². The second-order valence-electron chi connectivity index (χ2n) is 4.31. The van der Waals surface area contributed by atoms with Crippen LogP contribution in [0.15, 0.2) is 18.2 Å². The zero-order valence-electron chi connectivity index (χ0n) is 10.5. The lowest BCUT2D eigenvalue weighted by atomic mass is 10.2. The van der Waals surface area contributed by atoms with E-state index in [1.807, 2.05) is 12.1 Å². The highest BCUT2D eigenvalue weighted by Gasteiger charge is 2.28. The van der Waals surface area contributed by atoms with Crippen LogP contribution >= 0.6 is 0 Å². The third kappa shape index (κ3) is 2.87. The number of sulfone groups is 1. The fourth-order valence-electron chi connectivity index (χ4n) is 2.05. The fraction of sp³-hybridized carbons (Fsp3) is 0.500. The number of anilines is 1. The Morgan fingerprint density at radius 1 is 1.28 bits per heavy atom. The van der Waals surface area contributed by atoms with Crippen LogP contribution in [0.25, 0.3) is 0 Å². The molecule has 1 fully saturated rings. The lowest BCUT2D eigenvalue weighted by molar-refractivity contribution is 0.395. The SMILES string of the molecule is COc1ccc(NC2CCS(=O)(=O)C2)c(OC)c1. The molecule has 2 rings (SSSR count). The van der Waals surface area contributed by atoms with Crippen LogP contribution in [0.1, 0.15) is 6.42 Å². The van der Waals surface area contributed by atoms with Gasteiger partial charge in [0.15, 0.2) is 9.84 Å². The average molecular weight is 271 g/mol. The summed E-state index contributed by atoms with van der Waals surface area (Å²) in [5.41, 5.74) is 0.792. The fourth-order valence-corrected chi connectivity index (χ4v) is 3.72. The van der Waals surface area contributed by atoms with Crippen molar-refractivity contribution < 1.29 is 17.9 Å². The number of methoxy groups -OCH3 is 2. The molecule has 5 nitrogen and oxygen atoms in total. The van der Waals surface area contributed by atoms with Gasteiger partial charge < -0.3 is 14.8 Å². The minimum absolute atomic E-state index is 0.0442. The highest BCUT2D eigenvalue weighted by atomic mass is 32.2. The Kier molecular flexibility index (Phi) is 3.65. The Morgan fingerprint density at radius 3 is 2.61 bits per heavy atom. The van der Waals surface area contributed by atoms with E-state index in [2.05, 4.69) is 5.32 Å². The number of benzene rings is 1. The first-order valence-corrected chi connectivity index (χ1v) is 7.55. The van der Waals surface area contributed by atoms with E-state index in [9.17, 15) is 8.42 Å². The summed E-state index contributed by atoms with van der Waals surface area (Å²) in [6.45, 7) is 0. The topological polar surface area (TPSA) is 64.6 Å². The zero-order chi connectivity index (χ0) is 13.2. The predicted molar refractivity (Wildman–Crippen MR) is 70.2 cm³/mol. The predicted octanol–water partition coefficient (Wildman–Crippen LogP) is 1.30. The standard InChI is InChI=1S/C12H17NO4S/c1-16-10-3-4-11(12(7-10)17-2)13-9-5-6-18(14,15)8-9/h3-4,7,9,13H,5-6,8H2,1-2H3. The van der Waals surface area contributed by atoms with Gasteiger partial charge in [0, 0.05) is 12.1 Å². The van der Waals surface area contributed by atoms with Crippen molar-refractivity contribution in [3.63, 3.8) is 0 Å². The molecule has 1 saturated heterocycles. The first-order valence-electron chi connectivity index (χ1n) is 5.73. The zero-order valence-corrected chi connectivity index (χ0v) is 11.3. The smallest absolute Gasteiger partial charge is 0.152 e. The number of ether oxygens (including phenoxy) is 2. The highest BCUT2D eigenvalue weighted by molar-refractivity contribution is 7.91. The van der Waals surface area contributed by atoms with Crippen molar-refractivity contribution in [1.82, 2.24) is 0 Å². The van der Waals surface area contributed by atoms with Crippen molar-refractivity contribution in [3.05, 3.63) is 18.2 Å². The molecule has 0 radical (unpaired) electrons. The summed E-state index contributed by atoms with van der Waals surface area (Å²) < 4.78 is 33.2. The Labute approximate surface area is 107 Å². The summed E-state index contributed by atoms with van der Waals surface area (Å²) in [4.78, 5) is 0. The molecule has 1 N–H and O–H groups in total. The molecule has 0 bridgehead atoms. The van der Waals surface area contributed by atoms with Crippen LogP contribution in [-0.4, -0.2) is 40.2 Å².